The molecular formula is C6H9N3NaO2+. The molecule has 0 amide bonds. The van der Waals surface area contributed by atoms with Crippen molar-refractivity contribution in [3.8, 4) is 0 Å². The Labute approximate surface area is 91.7 Å². The minimum atomic E-state index is -1.00. The normalized spacial score (nSPS) is 11.8. The molecule has 1 aromatic heterocycles. The number of hydrogen-bond donors (Lipinski definition) is 3. The van der Waals surface area contributed by atoms with Crippen LogP contribution in [-0.2, 0) is 11.2 Å². The second-order valence-corrected chi connectivity index (χ2v) is 2.23. The minimum Gasteiger partial charge on any atom is -0.480 e. The van der Waals surface area contributed by atoms with E-state index in [-0.39, 0.29) is 36.0 Å². The topological polar surface area (TPSA) is 92.0 Å². The zero-order chi connectivity index (χ0) is 8.27. The van der Waals surface area contributed by atoms with Crippen LogP contribution in [0.5, 0.6) is 0 Å². The van der Waals surface area contributed by atoms with Crippen molar-refractivity contribution in [2.45, 2.75) is 12.5 Å². The molecule has 0 spiro atoms. The van der Waals surface area contributed by atoms with Gasteiger partial charge in [0, 0.05) is 18.3 Å². The monoisotopic (exact) mass is 178 g/mol. The summed E-state index contributed by atoms with van der Waals surface area (Å²) in [6, 6.07) is -0.851. The molecule has 1 unspecified atom stereocenters. The van der Waals surface area contributed by atoms with E-state index in [1.165, 1.54) is 6.33 Å². The van der Waals surface area contributed by atoms with Gasteiger partial charge in [0.05, 0.1) is 6.33 Å². The first-order valence-corrected chi connectivity index (χ1v) is 3.16. The second kappa shape index (κ2) is 5.31. The molecule has 0 saturated carbocycles. The Balaban J connectivity index is 0.00000121. The number of carbonyl (C=O) groups is 1. The second-order valence-electron chi connectivity index (χ2n) is 2.23. The van der Waals surface area contributed by atoms with E-state index in [9.17, 15) is 4.79 Å². The molecule has 1 heterocycles. The van der Waals surface area contributed by atoms with Gasteiger partial charge in [-0.3, -0.25) is 4.79 Å². The first-order valence-electron chi connectivity index (χ1n) is 3.16. The van der Waals surface area contributed by atoms with E-state index in [0.717, 1.165) is 5.69 Å². The number of H-pyrrole nitrogens is 1. The minimum absolute atomic E-state index is 0. The average Bonchev–Trinajstić information content (AvgIpc) is 2.39. The van der Waals surface area contributed by atoms with Crippen LogP contribution in [0.15, 0.2) is 12.5 Å². The van der Waals surface area contributed by atoms with E-state index in [1.54, 1.807) is 6.20 Å². The fourth-order valence-electron chi connectivity index (χ4n) is 0.721. The molecule has 0 aromatic carbocycles. The average molecular weight is 178 g/mol. The molecule has 0 aliphatic carbocycles. The quantitative estimate of drug-likeness (QED) is 0.416. The maximum atomic E-state index is 10.3. The number of aromatic amines is 1. The number of nitrogens with zero attached hydrogens (tertiary/aromatic N) is 1. The van der Waals surface area contributed by atoms with Crippen molar-refractivity contribution in [2.24, 2.45) is 5.73 Å². The van der Waals surface area contributed by atoms with Gasteiger partial charge in [-0.05, 0) is 0 Å². The largest absolute Gasteiger partial charge is 1.00 e. The van der Waals surface area contributed by atoms with Crippen molar-refractivity contribution in [1.82, 2.24) is 9.97 Å². The first kappa shape index (κ1) is 11.6. The Morgan fingerprint density at radius 2 is 2.50 bits per heavy atom. The number of carboxylic acid groups (broad SMARTS) is 1. The maximum Gasteiger partial charge on any atom is 1.00 e. The number of carboxylic acids is 1. The van der Waals surface area contributed by atoms with Crippen LogP contribution in [0.3, 0.4) is 0 Å². The van der Waals surface area contributed by atoms with Crippen molar-refractivity contribution < 1.29 is 39.5 Å². The van der Waals surface area contributed by atoms with Crippen molar-refractivity contribution in [3.05, 3.63) is 18.2 Å². The third-order valence-electron chi connectivity index (χ3n) is 1.31. The van der Waals surface area contributed by atoms with E-state index < -0.39 is 12.0 Å². The van der Waals surface area contributed by atoms with Gasteiger partial charge in [0.2, 0.25) is 0 Å². The molecule has 0 radical (unpaired) electrons. The third kappa shape index (κ3) is 3.36. The van der Waals surface area contributed by atoms with Gasteiger partial charge >= 0.3 is 35.5 Å². The third-order valence-corrected chi connectivity index (χ3v) is 1.31. The van der Waals surface area contributed by atoms with Crippen molar-refractivity contribution in [1.29, 1.82) is 0 Å². The summed E-state index contributed by atoms with van der Waals surface area (Å²) in [5, 5.41) is 8.42. The van der Waals surface area contributed by atoms with E-state index >= 15 is 0 Å². The van der Waals surface area contributed by atoms with Gasteiger partial charge in [-0.15, -0.1) is 0 Å². The number of aromatic nitrogens is 2. The first-order chi connectivity index (χ1) is 5.20. The number of nitrogens with one attached hydrogen (secondary N) is 1. The van der Waals surface area contributed by atoms with Crippen LogP contribution < -0.4 is 35.3 Å². The summed E-state index contributed by atoms with van der Waals surface area (Å²) < 4.78 is 0. The molecule has 60 valence electrons. The fraction of sp³-hybridized carbons (Fsp3) is 0.333. The van der Waals surface area contributed by atoms with Crippen LogP contribution in [0.1, 0.15) is 5.69 Å². The van der Waals surface area contributed by atoms with Gasteiger partial charge in [-0.25, -0.2) is 4.98 Å². The number of imidazole rings is 1. The molecule has 0 bridgehead atoms. The molecule has 0 aliphatic rings. The van der Waals surface area contributed by atoms with Crippen molar-refractivity contribution in [2.75, 3.05) is 0 Å². The van der Waals surface area contributed by atoms with Gasteiger partial charge in [0.25, 0.3) is 0 Å². The standard InChI is InChI=1S/C6H9N3O2.Na/c7-5(6(10)11)1-4-2-8-3-9-4;/h2-3,5H,1,7H2,(H,8,9)(H,10,11);/q;+1. The number of aliphatic carboxylic acids is 1. The summed E-state index contributed by atoms with van der Waals surface area (Å²) in [7, 11) is 0. The van der Waals surface area contributed by atoms with Gasteiger partial charge in [-0.1, -0.05) is 0 Å². The number of nitrogens with two attached hydrogens (primary N) is 1. The zero-order valence-corrected chi connectivity index (χ0v) is 8.82. The molecule has 5 nitrogen and oxygen atoms in total. The molecule has 1 atom stereocenters. The van der Waals surface area contributed by atoms with E-state index in [4.69, 9.17) is 10.8 Å². The van der Waals surface area contributed by atoms with E-state index in [1.807, 2.05) is 0 Å². The molecule has 12 heavy (non-hydrogen) atoms. The van der Waals surface area contributed by atoms with E-state index in [2.05, 4.69) is 9.97 Å². The Morgan fingerprint density at radius 1 is 1.83 bits per heavy atom. The molecule has 0 fully saturated rings. The van der Waals surface area contributed by atoms with Gasteiger partial charge in [0.15, 0.2) is 0 Å². The van der Waals surface area contributed by atoms with Gasteiger partial charge in [0.1, 0.15) is 6.04 Å². The summed E-state index contributed by atoms with van der Waals surface area (Å²) in [5.41, 5.74) is 6.00. The molecule has 1 rings (SSSR count). The summed E-state index contributed by atoms with van der Waals surface area (Å²) in [4.78, 5) is 16.8. The molecule has 0 aliphatic heterocycles. The molecule has 1 aromatic rings. The van der Waals surface area contributed by atoms with Crippen LogP contribution >= 0.6 is 0 Å². The smallest absolute Gasteiger partial charge is 0.480 e. The Morgan fingerprint density at radius 3 is 2.92 bits per heavy atom. The van der Waals surface area contributed by atoms with Crippen LogP contribution in [-0.4, -0.2) is 27.1 Å². The van der Waals surface area contributed by atoms with Gasteiger partial charge < -0.3 is 15.8 Å². The Hall–Kier alpha value is -0.360. The molecule has 0 saturated heterocycles. The van der Waals surface area contributed by atoms with Crippen LogP contribution in [0.25, 0.3) is 0 Å². The summed E-state index contributed by atoms with van der Waals surface area (Å²) in [6.45, 7) is 0. The molecular weight excluding hydrogens is 169 g/mol. The SMILES string of the molecule is NC(Cc1cnc[nH]1)C(=O)O.[Na+]. The summed E-state index contributed by atoms with van der Waals surface area (Å²) in [6.07, 6.45) is 3.34. The van der Waals surface area contributed by atoms with Crippen LogP contribution in [0.4, 0.5) is 0 Å². The number of rotatable bonds is 3. The fourth-order valence-corrected chi connectivity index (χ4v) is 0.721. The molecule has 4 N–H and O–H groups in total. The summed E-state index contributed by atoms with van der Waals surface area (Å²) in [5.74, 6) is -1.00. The summed E-state index contributed by atoms with van der Waals surface area (Å²) >= 11 is 0. The molecule has 6 heteroatoms. The zero-order valence-electron chi connectivity index (χ0n) is 6.82. The predicted molar refractivity (Wildman–Crippen MR) is 37.9 cm³/mol. The van der Waals surface area contributed by atoms with Crippen molar-refractivity contribution in [3.63, 3.8) is 0 Å². The van der Waals surface area contributed by atoms with Gasteiger partial charge in [-0.2, -0.15) is 0 Å². The predicted octanol–water partition coefficient (Wildman–Crippen LogP) is -3.63. The number of hydrogen-bond acceptors (Lipinski definition) is 3. The van der Waals surface area contributed by atoms with Crippen molar-refractivity contribution >= 4 is 5.97 Å². The maximum absolute atomic E-state index is 10.3. The van der Waals surface area contributed by atoms with Crippen LogP contribution in [0.2, 0.25) is 0 Å². The van der Waals surface area contributed by atoms with Crippen LogP contribution in [0, 0.1) is 0 Å². The Kier molecular flexibility index (Phi) is 5.16. The van der Waals surface area contributed by atoms with E-state index in [0.29, 0.717) is 0 Å². The Bertz CT molecular complexity index is 237.